The molecule has 1 N–H and O–H groups in total. The molecule has 0 saturated carbocycles. The second kappa shape index (κ2) is 8.37. The number of likely N-dealkylation sites (tertiary alicyclic amines) is 1. The zero-order chi connectivity index (χ0) is 15.1. The first-order valence-electron chi connectivity index (χ1n) is 7.44. The molecule has 116 valence electrons. The van der Waals surface area contributed by atoms with Crippen molar-refractivity contribution in [2.75, 3.05) is 26.7 Å². The number of nitrogens with zero attached hydrogens (tertiary/aromatic N) is 1. The van der Waals surface area contributed by atoms with Crippen LogP contribution in [0.2, 0.25) is 5.02 Å². The van der Waals surface area contributed by atoms with Crippen molar-refractivity contribution in [3.05, 3.63) is 34.9 Å². The number of carbonyl (C=O) groups excluding carboxylic acids is 1. The molecule has 0 spiro atoms. The van der Waals surface area contributed by atoms with E-state index in [1.807, 2.05) is 24.3 Å². The van der Waals surface area contributed by atoms with Gasteiger partial charge in [-0.3, -0.25) is 4.79 Å². The summed E-state index contributed by atoms with van der Waals surface area (Å²) in [5.74, 6) is 0.0729. The molecule has 1 saturated heterocycles. The molecule has 1 aromatic rings. The average molecular weight is 311 g/mol. The van der Waals surface area contributed by atoms with Crippen LogP contribution in [0, 0.1) is 0 Å². The van der Waals surface area contributed by atoms with Crippen LogP contribution >= 0.6 is 11.6 Å². The Morgan fingerprint density at radius 3 is 2.76 bits per heavy atom. The summed E-state index contributed by atoms with van der Waals surface area (Å²) in [6.45, 7) is 3.32. The molecule has 1 aliphatic rings. The van der Waals surface area contributed by atoms with Gasteiger partial charge in [0.1, 0.15) is 0 Å². The molecule has 1 amide bonds. The van der Waals surface area contributed by atoms with Gasteiger partial charge in [0, 0.05) is 44.7 Å². The minimum atomic E-state index is 0.0729. The van der Waals surface area contributed by atoms with Gasteiger partial charge in [-0.05, 0) is 24.5 Å². The molecule has 0 aromatic heterocycles. The van der Waals surface area contributed by atoms with Crippen LogP contribution in [0.15, 0.2) is 24.3 Å². The van der Waals surface area contributed by atoms with E-state index in [-0.39, 0.29) is 5.91 Å². The minimum absolute atomic E-state index is 0.0729. The summed E-state index contributed by atoms with van der Waals surface area (Å²) in [6, 6.07) is 7.58. The van der Waals surface area contributed by atoms with Crippen LogP contribution in [0.1, 0.15) is 24.8 Å². The Morgan fingerprint density at radius 1 is 1.38 bits per heavy atom. The monoisotopic (exact) mass is 310 g/mol. The number of methoxy groups -OCH3 is 1. The zero-order valence-electron chi connectivity index (χ0n) is 12.5. The second-order valence-corrected chi connectivity index (χ2v) is 5.80. The predicted octanol–water partition coefficient (Wildman–Crippen LogP) is 2.46. The van der Waals surface area contributed by atoms with Gasteiger partial charge in [0.25, 0.3) is 0 Å². The summed E-state index contributed by atoms with van der Waals surface area (Å²) in [7, 11) is 1.77. The molecule has 2 rings (SSSR count). The van der Waals surface area contributed by atoms with Crippen molar-refractivity contribution in [3.63, 3.8) is 0 Å². The van der Waals surface area contributed by atoms with Crippen LogP contribution < -0.4 is 5.32 Å². The number of carbonyl (C=O) groups is 1. The van der Waals surface area contributed by atoms with E-state index in [9.17, 15) is 4.79 Å². The van der Waals surface area contributed by atoms with Gasteiger partial charge in [0.15, 0.2) is 0 Å². The Hall–Kier alpha value is -1.10. The van der Waals surface area contributed by atoms with E-state index < -0.39 is 0 Å². The maximum Gasteiger partial charge on any atom is 0.221 e. The van der Waals surface area contributed by atoms with Gasteiger partial charge < -0.3 is 15.0 Å². The first-order valence-corrected chi connectivity index (χ1v) is 7.82. The van der Waals surface area contributed by atoms with E-state index in [4.69, 9.17) is 16.3 Å². The molecule has 0 aliphatic carbocycles. The highest BCUT2D eigenvalue weighted by Gasteiger charge is 2.18. The number of nitrogens with one attached hydrogen (secondary N) is 1. The van der Waals surface area contributed by atoms with Gasteiger partial charge in [0.05, 0.1) is 6.10 Å². The largest absolute Gasteiger partial charge is 0.381 e. The maximum atomic E-state index is 11.9. The lowest BCUT2D eigenvalue weighted by Crippen LogP contribution is -2.38. The van der Waals surface area contributed by atoms with Crippen LogP contribution in [-0.2, 0) is 16.1 Å². The maximum absolute atomic E-state index is 11.9. The standard InChI is InChI=1S/C16H23ClN2O2/c1-21-14-6-9-19(10-7-14)11-8-16(20)18-12-13-4-2-3-5-15(13)17/h2-5,14H,6-12H2,1H3,(H,18,20). The molecular formula is C16H23ClN2O2. The predicted molar refractivity (Wildman–Crippen MR) is 84.4 cm³/mol. The smallest absolute Gasteiger partial charge is 0.221 e. The van der Waals surface area contributed by atoms with Crippen molar-refractivity contribution in [3.8, 4) is 0 Å². The Bertz CT molecular complexity index is 459. The molecule has 0 unspecified atom stereocenters. The number of hydrogen-bond donors (Lipinski definition) is 1. The summed E-state index contributed by atoms with van der Waals surface area (Å²) >= 11 is 6.06. The molecule has 1 aliphatic heterocycles. The Labute approximate surface area is 131 Å². The van der Waals surface area contributed by atoms with Gasteiger partial charge >= 0.3 is 0 Å². The van der Waals surface area contributed by atoms with Crippen molar-refractivity contribution in [1.82, 2.24) is 10.2 Å². The van der Waals surface area contributed by atoms with Crippen LogP contribution in [0.5, 0.6) is 0 Å². The van der Waals surface area contributed by atoms with Crippen molar-refractivity contribution >= 4 is 17.5 Å². The normalized spacial score (nSPS) is 16.9. The summed E-state index contributed by atoms with van der Waals surface area (Å²) < 4.78 is 5.35. The fourth-order valence-corrected chi connectivity index (χ4v) is 2.75. The van der Waals surface area contributed by atoms with E-state index in [2.05, 4.69) is 10.2 Å². The van der Waals surface area contributed by atoms with Gasteiger partial charge in [-0.2, -0.15) is 0 Å². The molecule has 0 atom stereocenters. The summed E-state index contributed by atoms with van der Waals surface area (Å²) in [5.41, 5.74) is 0.952. The molecule has 0 radical (unpaired) electrons. The molecular weight excluding hydrogens is 288 g/mol. The fraction of sp³-hybridized carbons (Fsp3) is 0.562. The van der Waals surface area contributed by atoms with Crippen LogP contribution in [0.4, 0.5) is 0 Å². The molecule has 0 bridgehead atoms. The lowest BCUT2D eigenvalue weighted by molar-refractivity contribution is -0.121. The number of hydrogen-bond acceptors (Lipinski definition) is 3. The van der Waals surface area contributed by atoms with Gasteiger partial charge in [0.2, 0.25) is 5.91 Å². The van der Waals surface area contributed by atoms with Crippen LogP contribution in [0.3, 0.4) is 0 Å². The van der Waals surface area contributed by atoms with E-state index >= 15 is 0 Å². The number of halogens is 1. The van der Waals surface area contributed by atoms with Gasteiger partial charge in [-0.1, -0.05) is 29.8 Å². The molecule has 1 aromatic carbocycles. The topological polar surface area (TPSA) is 41.6 Å². The first-order chi connectivity index (χ1) is 10.2. The van der Waals surface area contributed by atoms with Crippen molar-refractivity contribution in [2.45, 2.75) is 31.9 Å². The first kappa shape index (κ1) is 16.3. The van der Waals surface area contributed by atoms with E-state index in [1.165, 1.54) is 0 Å². The third-order valence-electron chi connectivity index (χ3n) is 3.96. The molecule has 1 heterocycles. The molecule has 21 heavy (non-hydrogen) atoms. The Morgan fingerprint density at radius 2 is 2.10 bits per heavy atom. The SMILES string of the molecule is COC1CCN(CCC(=O)NCc2ccccc2Cl)CC1. The highest BCUT2D eigenvalue weighted by Crippen LogP contribution is 2.15. The number of ether oxygens (including phenoxy) is 1. The highest BCUT2D eigenvalue weighted by atomic mass is 35.5. The number of amides is 1. The lowest BCUT2D eigenvalue weighted by atomic mass is 10.1. The minimum Gasteiger partial charge on any atom is -0.381 e. The average Bonchev–Trinajstić information content (AvgIpc) is 2.52. The number of rotatable bonds is 6. The van der Waals surface area contributed by atoms with Gasteiger partial charge in [-0.15, -0.1) is 0 Å². The number of piperidine rings is 1. The zero-order valence-corrected chi connectivity index (χ0v) is 13.2. The Balaban J connectivity index is 1.65. The number of benzene rings is 1. The quantitative estimate of drug-likeness (QED) is 0.877. The van der Waals surface area contributed by atoms with Gasteiger partial charge in [-0.25, -0.2) is 0 Å². The van der Waals surface area contributed by atoms with E-state index in [1.54, 1.807) is 7.11 Å². The fourth-order valence-electron chi connectivity index (χ4n) is 2.55. The Kier molecular flexibility index (Phi) is 6.49. The van der Waals surface area contributed by atoms with Crippen LogP contribution in [-0.4, -0.2) is 43.7 Å². The third-order valence-corrected chi connectivity index (χ3v) is 4.33. The molecule has 5 heteroatoms. The van der Waals surface area contributed by atoms with Crippen molar-refractivity contribution in [1.29, 1.82) is 0 Å². The third kappa shape index (κ3) is 5.30. The summed E-state index contributed by atoms with van der Waals surface area (Å²) in [5, 5.41) is 3.62. The second-order valence-electron chi connectivity index (χ2n) is 5.39. The van der Waals surface area contributed by atoms with E-state index in [0.29, 0.717) is 24.1 Å². The highest BCUT2D eigenvalue weighted by molar-refractivity contribution is 6.31. The molecule has 1 fully saturated rings. The lowest BCUT2D eigenvalue weighted by Gasteiger charge is -2.30. The summed E-state index contributed by atoms with van der Waals surface area (Å²) in [6.07, 6.45) is 3.02. The van der Waals surface area contributed by atoms with Crippen LogP contribution in [0.25, 0.3) is 0 Å². The van der Waals surface area contributed by atoms with Crippen molar-refractivity contribution in [2.24, 2.45) is 0 Å². The van der Waals surface area contributed by atoms with E-state index in [0.717, 1.165) is 38.0 Å². The summed E-state index contributed by atoms with van der Waals surface area (Å²) in [4.78, 5) is 14.2. The molecule has 4 nitrogen and oxygen atoms in total. The van der Waals surface area contributed by atoms with Crippen molar-refractivity contribution < 1.29 is 9.53 Å².